The van der Waals surface area contributed by atoms with E-state index in [1.54, 1.807) is 19.1 Å². The lowest BCUT2D eigenvalue weighted by Gasteiger charge is -2.44. The second kappa shape index (κ2) is 8.90. The molecule has 0 saturated heterocycles. The van der Waals surface area contributed by atoms with Crippen molar-refractivity contribution < 1.29 is 14.6 Å². The quantitative estimate of drug-likeness (QED) is 0.503. The van der Waals surface area contributed by atoms with E-state index in [9.17, 15) is 9.90 Å². The number of fused-ring (bicyclic) bond motifs is 1. The van der Waals surface area contributed by atoms with Crippen molar-refractivity contribution in [1.29, 1.82) is 0 Å². The van der Waals surface area contributed by atoms with Crippen molar-refractivity contribution in [2.45, 2.75) is 19.1 Å². The molecule has 0 aliphatic carbocycles. The highest BCUT2D eigenvalue weighted by molar-refractivity contribution is 9.10. The molecule has 3 aromatic carbocycles. The number of rotatable bonds is 5. The molecule has 0 radical (unpaired) electrons. The third-order valence-electron chi connectivity index (χ3n) is 5.23. The summed E-state index contributed by atoms with van der Waals surface area (Å²) in [6, 6.07) is 23.1. The third-order valence-corrected chi connectivity index (χ3v) is 5.72. The average Bonchev–Trinajstić information content (AvgIpc) is 2.74. The number of anilines is 1. The second-order valence-electron chi connectivity index (χ2n) is 7.13. The third kappa shape index (κ3) is 4.06. The summed E-state index contributed by atoms with van der Waals surface area (Å²) in [6.45, 7) is 2.19. The van der Waals surface area contributed by atoms with E-state index in [-0.39, 0.29) is 24.3 Å². The standard InChI is InChI=1S/C24H23BrN2O3/c1-2-30-22(29)15-27-23(16-8-4-3-5-9-16)19-14-17(25)12-13-20(19)26-24(27)18-10-6-7-11-21(18)28/h3-14,23-24,26,28H,2,15H2,1H3/t23-,24+/m0/s1. The molecule has 0 bridgehead atoms. The predicted octanol–water partition coefficient (Wildman–Crippen LogP) is 5.23. The number of phenolic OH excluding ortho intramolecular Hbond substituents is 1. The highest BCUT2D eigenvalue weighted by Crippen LogP contribution is 2.45. The van der Waals surface area contributed by atoms with Gasteiger partial charge < -0.3 is 15.2 Å². The van der Waals surface area contributed by atoms with Crippen LogP contribution in [0.5, 0.6) is 5.75 Å². The maximum absolute atomic E-state index is 12.6. The van der Waals surface area contributed by atoms with Crippen molar-refractivity contribution in [2.24, 2.45) is 0 Å². The van der Waals surface area contributed by atoms with Gasteiger partial charge in [0, 0.05) is 15.7 Å². The summed E-state index contributed by atoms with van der Waals surface area (Å²) >= 11 is 3.58. The van der Waals surface area contributed by atoms with E-state index in [4.69, 9.17) is 4.74 Å². The monoisotopic (exact) mass is 466 g/mol. The van der Waals surface area contributed by atoms with Gasteiger partial charge in [0.15, 0.2) is 0 Å². The van der Waals surface area contributed by atoms with Crippen LogP contribution in [-0.4, -0.2) is 29.1 Å². The Labute approximate surface area is 184 Å². The first-order valence-electron chi connectivity index (χ1n) is 9.88. The lowest BCUT2D eigenvalue weighted by Crippen LogP contribution is -2.44. The van der Waals surface area contributed by atoms with Crippen molar-refractivity contribution in [1.82, 2.24) is 4.90 Å². The smallest absolute Gasteiger partial charge is 0.320 e. The molecule has 4 rings (SSSR count). The number of ether oxygens (including phenoxy) is 1. The summed E-state index contributed by atoms with van der Waals surface area (Å²) < 4.78 is 6.23. The number of aromatic hydroxyl groups is 1. The molecule has 2 atom stereocenters. The summed E-state index contributed by atoms with van der Waals surface area (Å²) in [5, 5.41) is 14.1. The minimum absolute atomic E-state index is 0.0748. The number of carbonyl (C=O) groups is 1. The summed E-state index contributed by atoms with van der Waals surface area (Å²) in [6.07, 6.45) is -0.408. The number of carbonyl (C=O) groups excluding carboxylic acids is 1. The van der Waals surface area contributed by atoms with E-state index >= 15 is 0 Å². The normalized spacial score (nSPS) is 18.3. The number of nitrogens with one attached hydrogen (secondary N) is 1. The van der Waals surface area contributed by atoms with Gasteiger partial charge in [-0.25, -0.2) is 0 Å². The Kier molecular flexibility index (Phi) is 6.06. The summed E-state index contributed by atoms with van der Waals surface area (Å²) in [7, 11) is 0. The van der Waals surface area contributed by atoms with Crippen LogP contribution >= 0.6 is 15.9 Å². The van der Waals surface area contributed by atoms with Crippen molar-refractivity contribution in [3.8, 4) is 5.75 Å². The van der Waals surface area contributed by atoms with Crippen LogP contribution in [0, 0.1) is 0 Å². The van der Waals surface area contributed by atoms with E-state index < -0.39 is 6.17 Å². The van der Waals surface area contributed by atoms with E-state index in [0.717, 1.165) is 21.3 Å². The fourth-order valence-electron chi connectivity index (χ4n) is 3.97. The number of hydrogen-bond donors (Lipinski definition) is 2. The molecule has 0 unspecified atom stereocenters. The SMILES string of the molecule is CCOC(=O)CN1[C@@H](c2ccccc2)c2cc(Br)ccc2N[C@H]1c1ccccc1O. The van der Waals surface area contributed by atoms with Gasteiger partial charge in [0.2, 0.25) is 0 Å². The number of para-hydroxylation sites is 1. The molecule has 30 heavy (non-hydrogen) atoms. The van der Waals surface area contributed by atoms with Gasteiger partial charge in [-0.3, -0.25) is 9.69 Å². The van der Waals surface area contributed by atoms with Crippen LogP contribution in [0.1, 0.15) is 35.8 Å². The molecule has 3 aromatic rings. The van der Waals surface area contributed by atoms with Crippen molar-refractivity contribution in [3.05, 3.63) is 94.0 Å². The minimum Gasteiger partial charge on any atom is -0.508 e. The molecule has 0 aromatic heterocycles. The zero-order chi connectivity index (χ0) is 21.1. The molecule has 0 fully saturated rings. The second-order valence-corrected chi connectivity index (χ2v) is 8.04. The van der Waals surface area contributed by atoms with Crippen LogP contribution in [-0.2, 0) is 9.53 Å². The van der Waals surface area contributed by atoms with Crippen LogP contribution in [0.15, 0.2) is 77.3 Å². The Morgan fingerprint density at radius 3 is 2.53 bits per heavy atom. The van der Waals surface area contributed by atoms with Gasteiger partial charge in [0.1, 0.15) is 11.9 Å². The Bertz CT molecular complexity index is 1040. The zero-order valence-electron chi connectivity index (χ0n) is 16.6. The van der Waals surface area contributed by atoms with Crippen LogP contribution < -0.4 is 5.32 Å². The van der Waals surface area contributed by atoms with Crippen LogP contribution in [0.2, 0.25) is 0 Å². The Morgan fingerprint density at radius 2 is 1.80 bits per heavy atom. The number of halogens is 1. The highest BCUT2D eigenvalue weighted by Gasteiger charge is 2.38. The van der Waals surface area contributed by atoms with Crippen LogP contribution in [0.3, 0.4) is 0 Å². The topological polar surface area (TPSA) is 61.8 Å². The maximum Gasteiger partial charge on any atom is 0.320 e. The number of benzene rings is 3. The molecular formula is C24H23BrN2O3. The minimum atomic E-state index is -0.408. The molecule has 2 N–H and O–H groups in total. The Hall–Kier alpha value is -2.83. The molecule has 5 nitrogen and oxygen atoms in total. The number of esters is 1. The molecule has 0 amide bonds. The molecule has 1 aliphatic heterocycles. The molecule has 0 saturated carbocycles. The van der Waals surface area contributed by atoms with E-state index in [0.29, 0.717) is 12.2 Å². The summed E-state index contributed by atoms with van der Waals surface area (Å²) in [5.74, 6) is -0.129. The van der Waals surface area contributed by atoms with Crippen molar-refractivity contribution in [2.75, 3.05) is 18.5 Å². The molecule has 0 spiro atoms. The molecule has 1 aliphatic rings. The van der Waals surface area contributed by atoms with E-state index in [1.165, 1.54) is 0 Å². The first-order chi connectivity index (χ1) is 14.6. The van der Waals surface area contributed by atoms with E-state index in [2.05, 4.69) is 39.4 Å². The molecule has 6 heteroatoms. The van der Waals surface area contributed by atoms with Gasteiger partial charge in [-0.2, -0.15) is 0 Å². The first kappa shape index (κ1) is 20.4. The fourth-order valence-corrected chi connectivity index (χ4v) is 4.35. The van der Waals surface area contributed by atoms with Gasteiger partial charge in [-0.15, -0.1) is 0 Å². The summed E-state index contributed by atoms with van der Waals surface area (Å²) in [5.41, 5.74) is 3.77. The zero-order valence-corrected chi connectivity index (χ0v) is 18.2. The number of phenols is 1. The lowest BCUT2D eigenvalue weighted by molar-refractivity contribution is -0.145. The van der Waals surface area contributed by atoms with Gasteiger partial charge in [-0.1, -0.05) is 64.5 Å². The Balaban J connectivity index is 1.89. The van der Waals surface area contributed by atoms with Gasteiger partial charge in [0.25, 0.3) is 0 Å². The Morgan fingerprint density at radius 1 is 1.07 bits per heavy atom. The molecule has 1 heterocycles. The average molecular weight is 467 g/mol. The predicted molar refractivity (Wildman–Crippen MR) is 120 cm³/mol. The van der Waals surface area contributed by atoms with E-state index in [1.807, 2.05) is 47.4 Å². The highest BCUT2D eigenvalue weighted by atomic mass is 79.9. The largest absolute Gasteiger partial charge is 0.508 e. The molecular weight excluding hydrogens is 444 g/mol. The van der Waals surface area contributed by atoms with Crippen LogP contribution in [0.25, 0.3) is 0 Å². The van der Waals surface area contributed by atoms with Crippen LogP contribution in [0.4, 0.5) is 5.69 Å². The summed E-state index contributed by atoms with van der Waals surface area (Å²) in [4.78, 5) is 14.6. The fraction of sp³-hybridized carbons (Fsp3) is 0.208. The number of nitrogens with zero attached hydrogens (tertiary/aromatic N) is 1. The maximum atomic E-state index is 12.6. The number of hydrogen-bond acceptors (Lipinski definition) is 5. The van der Waals surface area contributed by atoms with Crippen molar-refractivity contribution >= 4 is 27.6 Å². The van der Waals surface area contributed by atoms with Gasteiger partial charge >= 0.3 is 5.97 Å². The van der Waals surface area contributed by atoms with Crippen molar-refractivity contribution in [3.63, 3.8) is 0 Å². The lowest BCUT2D eigenvalue weighted by atomic mass is 9.91. The first-order valence-corrected chi connectivity index (χ1v) is 10.7. The molecule has 154 valence electrons. The van der Waals surface area contributed by atoms with Gasteiger partial charge in [0.05, 0.1) is 19.2 Å². The van der Waals surface area contributed by atoms with Gasteiger partial charge in [-0.05, 0) is 42.3 Å².